The van der Waals surface area contributed by atoms with Gasteiger partial charge in [0.25, 0.3) is 0 Å². The van der Waals surface area contributed by atoms with Crippen molar-refractivity contribution in [2.24, 2.45) is 0 Å². The van der Waals surface area contributed by atoms with Gasteiger partial charge in [0.05, 0.1) is 12.2 Å². The largest absolute Gasteiger partial charge is 0.505 e. The molecule has 1 saturated heterocycles. The normalized spacial score (nSPS) is 16.7. The number of carbonyl (C=O) groups is 1. The van der Waals surface area contributed by atoms with E-state index in [1.807, 2.05) is 19.9 Å². The van der Waals surface area contributed by atoms with Gasteiger partial charge in [-0.1, -0.05) is 6.07 Å². The monoisotopic (exact) mass is 277 g/mol. The van der Waals surface area contributed by atoms with E-state index >= 15 is 0 Å². The van der Waals surface area contributed by atoms with E-state index in [1.165, 1.54) is 0 Å². The first-order valence-corrected chi connectivity index (χ1v) is 7.09. The van der Waals surface area contributed by atoms with Crippen molar-refractivity contribution in [2.75, 3.05) is 38.0 Å². The Bertz CT molecular complexity index is 480. The number of carbonyl (C=O) groups excluding carboxylic acids is 1. The van der Waals surface area contributed by atoms with Crippen LogP contribution in [-0.4, -0.2) is 48.6 Å². The van der Waals surface area contributed by atoms with Crippen molar-refractivity contribution in [3.63, 3.8) is 0 Å². The van der Waals surface area contributed by atoms with E-state index in [4.69, 9.17) is 0 Å². The second-order valence-electron chi connectivity index (χ2n) is 5.41. The van der Waals surface area contributed by atoms with Crippen LogP contribution in [0.4, 0.5) is 5.69 Å². The van der Waals surface area contributed by atoms with E-state index in [0.29, 0.717) is 12.2 Å². The highest BCUT2D eigenvalue weighted by atomic mass is 16.3. The Morgan fingerprint density at radius 2 is 2.15 bits per heavy atom. The van der Waals surface area contributed by atoms with Gasteiger partial charge in [-0.3, -0.25) is 9.69 Å². The predicted octanol–water partition coefficient (Wildman–Crippen LogP) is 1.24. The van der Waals surface area contributed by atoms with Crippen molar-refractivity contribution in [1.29, 1.82) is 0 Å². The first-order chi connectivity index (χ1) is 9.56. The number of rotatable bonds is 3. The summed E-state index contributed by atoms with van der Waals surface area (Å²) in [6.45, 7) is 7.89. The molecule has 0 bridgehead atoms. The van der Waals surface area contributed by atoms with Crippen LogP contribution in [0, 0.1) is 13.8 Å². The zero-order valence-corrected chi connectivity index (χ0v) is 12.2. The molecule has 110 valence electrons. The molecule has 2 rings (SSSR count). The smallest absolute Gasteiger partial charge is 0.238 e. The molecular formula is C15H23N3O2. The number of anilines is 1. The van der Waals surface area contributed by atoms with Gasteiger partial charge < -0.3 is 15.7 Å². The minimum atomic E-state index is -0.0767. The number of nitrogens with zero attached hydrogens (tertiary/aromatic N) is 1. The second-order valence-corrected chi connectivity index (χ2v) is 5.41. The summed E-state index contributed by atoms with van der Waals surface area (Å²) in [5.74, 6) is 0.0775. The summed E-state index contributed by atoms with van der Waals surface area (Å²) in [5, 5.41) is 16.1. The third-order valence-corrected chi connectivity index (χ3v) is 3.52. The van der Waals surface area contributed by atoms with Crippen LogP contribution in [0.15, 0.2) is 12.1 Å². The Balaban J connectivity index is 1.97. The number of aromatic hydroxyl groups is 1. The third kappa shape index (κ3) is 3.95. The molecule has 1 aromatic carbocycles. The molecule has 0 aliphatic carbocycles. The number of phenolic OH excluding ortho intramolecular Hbond substituents is 1. The van der Waals surface area contributed by atoms with Crippen LogP contribution in [0.3, 0.4) is 0 Å². The summed E-state index contributed by atoms with van der Waals surface area (Å²) in [7, 11) is 0. The lowest BCUT2D eigenvalue weighted by atomic mass is 10.1. The van der Waals surface area contributed by atoms with Gasteiger partial charge in [0.2, 0.25) is 5.91 Å². The Morgan fingerprint density at radius 1 is 1.35 bits per heavy atom. The Labute approximate surface area is 120 Å². The van der Waals surface area contributed by atoms with Gasteiger partial charge in [-0.2, -0.15) is 0 Å². The van der Waals surface area contributed by atoms with E-state index in [0.717, 1.165) is 43.7 Å². The number of benzene rings is 1. The number of aryl methyl sites for hydroxylation is 2. The fraction of sp³-hybridized carbons (Fsp3) is 0.533. The number of hydrogen-bond acceptors (Lipinski definition) is 4. The van der Waals surface area contributed by atoms with Crippen molar-refractivity contribution in [2.45, 2.75) is 20.3 Å². The zero-order chi connectivity index (χ0) is 14.5. The molecule has 0 aromatic heterocycles. The molecule has 1 aliphatic rings. The fourth-order valence-corrected chi connectivity index (χ4v) is 2.51. The van der Waals surface area contributed by atoms with Gasteiger partial charge >= 0.3 is 0 Å². The van der Waals surface area contributed by atoms with Gasteiger partial charge in [-0.05, 0) is 50.6 Å². The van der Waals surface area contributed by atoms with Crippen molar-refractivity contribution in [3.8, 4) is 5.75 Å². The molecule has 1 aromatic rings. The summed E-state index contributed by atoms with van der Waals surface area (Å²) < 4.78 is 0. The van der Waals surface area contributed by atoms with Gasteiger partial charge in [-0.25, -0.2) is 0 Å². The molecule has 0 radical (unpaired) electrons. The number of phenols is 1. The van der Waals surface area contributed by atoms with Crippen molar-refractivity contribution in [3.05, 3.63) is 23.3 Å². The highest BCUT2D eigenvalue weighted by Gasteiger charge is 2.14. The molecule has 1 heterocycles. The second kappa shape index (κ2) is 6.72. The van der Waals surface area contributed by atoms with Crippen LogP contribution >= 0.6 is 0 Å². The summed E-state index contributed by atoms with van der Waals surface area (Å²) in [5.41, 5.74) is 2.30. The molecule has 3 N–H and O–H groups in total. The first kappa shape index (κ1) is 14.8. The molecular weight excluding hydrogens is 254 g/mol. The highest BCUT2D eigenvalue weighted by molar-refractivity contribution is 5.94. The SMILES string of the molecule is Cc1cc(C)c(O)c(NC(=O)CN2CCCNCC2)c1. The van der Waals surface area contributed by atoms with E-state index in [1.54, 1.807) is 6.07 Å². The molecule has 1 aliphatic heterocycles. The predicted molar refractivity (Wildman–Crippen MR) is 80.1 cm³/mol. The summed E-state index contributed by atoms with van der Waals surface area (Å²) >= 11 is 0. The van der Waals surface area contributed by atoms with Crippen LogP contribution in [0.2, 0.25) is 0 Å². The molecule has 1 amide bonds. The van der Waals surface area contributed by atoms with Crippen LogP contribution in [0.5, 0.6) is 5.75 Å². The average Bonchev–Trinajstić information content (AvgIpc) is 2.64. The van der Waals surface area contributed by atoms with E-state index in [2.05, 4.69) is 15.5 Å². The lowest BCUT2D eigenvalue weighted by Gasteiger charge is -2.19. The number of nitrogens with one attached hydrogen (secondary N) is 2. The molecule has 5 heteroatoms. The van der Waals surface area contributed by atoms with E-state index in [9.17, 15) is 9.90 Å². The minimum absolute atomic E-state index is 0.0767. The van der Waals surface area contributed by atoms with Crippen LogP contribution in [0.25, 0.3) is 0 Å². The average molecular weight is 277 g/mol. The van der Waals surface area contributed by atoms with Crippen molar-refractivity contribution >= 4 is 11.6 Å². The van der Waals surface area contributed by atoms with E-state index < -0.39 is 0 Å². The molecule has 1 fully saturated rings. The number of hydrogen-bond donors (Lipinski definition) is 3. The van der Waals surface area contributed by atoms with Crippen LogP contribution in [-0.2, 0) is 4.79 Å². The Morgan fingerprint density at radius 3 is 2.95 bits per heavy atom. The quantitative estimate of drug-likeness (QED) is 0.727. The first-order valence-electron chi connectivity index (χ1n) is 7.09. The van der Waals surface area contributed by atoms with Crippen LogP contribution in [0.1, 0.15) is 17.5 Å². The van der Waals surface area contributed by atoms with Gasteiger partial charge in [0, 0.05) is 13.1 Å². The van der Waals surface area contributed by atoms with Gasteiger partial charge in [0.1, 0.15) is 5.75 Å². The third-order valence-electron chi connectivity index (χ3n) is 3.52. The summed E-state index contributed by atoms with van der Waals surface area (Å²) in [4.78, 5) is 14.2. The maximum absolute atomic E-state index is 12.1. The molecule has 0 unspecified atom stereocenters. The molecule has 20 heavy (non-hydrogen) atoms. The van der Waals surface area contributed by atoms with Crippen LogP contribution < -0.4 is 10.6 Å². The van der Waals surface area contributed by atoms with Gasteiger partial charge in [0.15, 0.2) is 0 Å². The lowest BCUT2D eigenvalue weighted by molar-refractivity contribution is -0.117. The molecule has 0 saturated carbocycles. The maximum Gasteiger partial charge on any atom is 0.238 e. The van der Waals surface area contributed by atoms with E-state index in [-0.39, 0.29) is 11.7 Å². The summed E-state index contributed by atoms with van der Waals surface area (Å²) in [6, 6.07) is 3.69. The zero-order valence-electron chi connectivity index (χ0n) is 12.2. The lowest BCUT2D eigenvalue weighted by Crippen LogP contribution is -2.35. The standard InChI is InChI=1S/C15H23N3O2/c1-11-8-12(2)15(20)13(9-11)17-14(19)10-18-6-3-4-16-5-7-18/h8-9,16,20H,3-7,10H2,1-2H3,(H,17,19). The fourth-order valence-electron chi connectivity index (χ4n) is 2.51. The molecule has 5 nitrogen and oxygen atoms in total. The Hall–Kier alpha value is -1.59. The molecule has 0 spiro atoms. The van der Waals surface area contributed by atoms with Gasteiger partial charge in [-0.15, -0.1) is 0 Å². The summed E-state index contributed by atoms with van der Waals surface area (Å²) in [6.07, 6.45) is 1.06. The van der Waals surface area contributed by atoms with Crippen molar-refractivity contribution in [1.82, 2.24) is 10.2 Å². The highest BCUT2D eigenvalue weighted by Crippen LogP contribution is 2.28. The topological polar surface area (TPSA) is 64.6 Å². The molecule has 0 atom stereocenters. The Kier molecular flexibility index (Phi) is 4.98. The van der Waals surface area contributed by atoms with Crippen molar-refractivity contribution < 1.29 is 9.90 Å². The minimum Gasteiger partial charge on any atom is -0.505 e. The number of amides is 1. The maximum atomic E-state index is 12.1.